The van der Waals surface area contributed by atoms with Gasteiger partial charge in [0.2, 0.25) is 0 Å². The summed E-state index contributed by atoms with van der Waals surface area (Å²) in [5.74, 6) is 0. The molecule has 0 unspecified atom stereocenters. The maximum Gasteiger partial charge on any atom is 0.416 e. The molecule has 2 aromatic rings. The summed E-state index contributed by atoms with van der Waals surface area (Å²) < 4.78 is 41.3. The number of anilines is 1. The van der Waals surface area contributed by atoms with Gasteiger partial charge in [0.05, 0.1) is 11.3 Å². The molecule has 2 aliphatic heterocycles. The van der Waals surface area contributed by atoms with Crippen LogP contribution in [0.4, 0.5) is 18.9 Å². The summed E-state index contributed by atoms with van der Waals surface area (Å²) in [6.07, 6.45) is -1.93. The Bertz CT molecular complexity index is 915. The highest BCUT2D eigenvalue weighted by atomic mass is 19.4. The predicted molar refractivity (Wildman–Crippen MR) is 121 cm³/mol. The first-order valence-electron chi connectivity index (χ1n) is 11.7. The van der Waals surface area contributed by atoms with Crippen molar-refractivity contribution < 1.29 is 13.2 Å². The molecule has 176 valence electrons. The van der Waals surface area contributed by atoms with Gasteiger partial charge < -0.3 is 4.90 Å². The van der Waals surface area contributed by atoms with Crippen molar-refractivity contribution in [1.82, 2.24) is 19.6 Å². The maximum atomic E-state index is 13.1. The molecule has 0 amide bonds. The van der Waals surface area contributed by atoms with Gasteiger partial charge in [-0.3, -0.25) is 14.5 Å². The molecule has 2 fully saturated rings. The Kier molecular flexibility index (Phi) is 6.81. The lowest BCUT2D eigenvalue weighted by atomic mass is 10.0. The number of piperazine rings is 1. The van der Waals surface area contributed by atoms with E-state index in [1.165, 1.54) is 36.2 Å². The molecule has 1 atom stereocenters. The monoisotopic (exact) mass is 449 g/mol. The second-order valence-electron chi connectivity index (χ2n) is 9.07. The number of rotatable bonds is 5. The summed E-state index contributed by atoms with van der Waals surface area (Å²) in [5, 5.41) is 4.67. The van der Waals surface area contributed by atoms with E-state index in [1.807, 2.05) is 0 Å². The average molecular weight is 450 g/mol. The fraction of sp³-hybridized carbons (Fsp3) is 0.625. The van der Waals surface area contributed by atoms with Crippen molar-refractivity contribution in [2.24, 2.45) is 0 Å². The lowest BCUT2D eigenvalue weighted by Gasteiger charge is -2.44. The SMILES string of the molecule is CCn1nc(C)c(CN2CCC[C@H](N3CCN(c4cccc(C(F)(F)F)c4)CC3)C2)c1C. The number of halogens is 3. The minimum absolute atomic E-state index is 0.509. The highest BCUT2D eigenvalue weighted by Crippen LogP contribution is 2.32. The molecule has 0 radical (unpaired) electrons. The first-order chi connectivity index (χ1) is 15.3. The molecule has 0 aliphatic carbocycles. The molecule has 0 bridgehead atoms. The van der Waals surface area contributed by atoms with Crippen LogP contribution < -0.4 is 4.90 Å². The molecule has 0 saturated carbocycles. The van der Waals surface area contributed by atoms with Crippen LogP contribution in [0, 0.1) is 13.8 Å². The van der Waals surface area contributed by atoms with Crippen LogP contribution in [0.5, 0.6) is 0 Å². The second kappa shape index (κ2) is 9.43. The summed E-state index contributed by atoms with van der Waals surface area (Å²) in [7, 11) is 0. The van der Waals surface area contributed by atoms with Gasteiger partial charge in [0.25, 0.3) is 0 Å². The first kappa shape index (κ1) is 23.1. The van der Waals surface area contributed by atoms with Gasteiger partial charge in [-0.25, -0.2) is 0 Å². The number of nitrogens with zero attached hydrogens (tertiary/aromatic N) is 5. The Morgan fingerprint density at radius 1 is 1.06 bits per heavy atom. The zero-order valence-electron chi connectivity index (χ0n) is 19.3. The zero-order chi connectivity index (χ0) is 22.9. The largest absolute Gasteiger partial charge is 0.416 e. The molecule has 1 aromatic heterocycles. The van der Waals surface area contributed by atoms with Gasteiger partial charge in [0.1, 0.15) is 0 Å². The number of likely N-dealkylation sites (tertiary alicyclic amines) is 1. The average Bonchev–Trinajstić information content (AvgIpc) is 3.06. The Balaban J connectivity index is 1.34. The van der Waals surface area contributed by atoms with Crippen molar-refractivity contribution >= 4 is 5.69 Å². The summed E-state index contributed by atoms with van der Waals surface area (Å²) >= 11 is 0. The third-order valence-electron chi connectivity index (χ3n) is 7.06. The van der Waals surface area contributed by atoms with Crippen LogP contribution in [0.1, 0.15) is 42.3 Å². The Morgan fingerprint density at radius 2 is 1.81 bits per heavy atom. The predicted octanol–water partition coefficient (Wildman–Crippen LogP) is 4.33. The molecule has 3 heterocycles. The third-order valence-corrected chi connectivity index (χ3v) is 7.06. The molecule has 8 heteroatoms. The molecule has 2 aliphatic rings. The van der Waals surface area contributed by atoms with Crippen molar-refractivity contribution in [2.75, 3.05) is 44.2 Å². The van der Waals surface area contributed by atoms with Gasteiger partial charge in [-0.2, -0.15) is 18.3 Å². The zero-order valence-corrected chi connectivity index (χ0v) is 19.3. The number of hydrogen-bond acceptors (Lipinski definition) is 4. The van der Waals surface area contributed by atoms with Crippen molar-refractivity contribution in [1.29, 1.82) is 0 Å². The molecule has 1 aromatic carbocycles. The van der Waals surface area contributed by atoms with Crippen molar-refractivity contribution in [3.8, 4) is 0 Å². The summed E-state index contributed by atoms with van der Waals surface area (Å²) in [4.78, 5) is 7.16. The van der Waals surface area contributed by atoms with Crippen molar-refractivity contribution in [2.45, 2.75) is 58.9 Å². The van der Waals surface area contributed by atoms with E-state index in [2.05, 4.69) is 45.3 Å². The van der Waals surface area contributed by atoms with Gasteiger partial charge in [-0.15, -0.1) is 0 Å². The first-order valence-corrected chi connectivity index (χ1v) is 11.7. The highest BCUT2D eigenvalue weighted by molar-refractivity contribution is 5.49. The molecule has 0 N–H and O–H groups in total. The van der Waals surface area contributed by atoms with E-state index in [0.717, 1.165) is 64.1 Å². The smallest absolute Gasteiger partial charge is 0.369 e. The van der Waals surface area contributed by atoms with E-state index in [9.17, 15) is 13.2 Å². The molecule has 0 spiro atoms. The summed E-state index contributed by atoms with van der Waals surface area (Å²) in [5.41, 5.74) is 3.84. The summed E-state index contributed by atoms with van der Waals surface area (Å²) in [6.45, 7) is 13.7. The number of alkyl halides is 3. The Hall–Kier alpha value is -2.06. The van der Waals surface area contributed by atoms with Crippen molar-refractivity contribution in [3.63, 3.8) is 0 Å². The summed E-state index contributed by atoms with van der Waals surface area (Å²) in [6, 6.07) is 6.22. The maximum absolute atomic E-state index is 13.1. The number of hydrogen-bond donors (Lipinski definition) is 0. The number of aryl methyl sites for hydroxylation is 2. The van der Waals surface area contributed by atoms with Crippen LogP contribution in [-0.2, 0) is 19.3 Å². The van der Waals surface area contributed by atoms with Crippen LogP contribution in [0.25, 0.3) is 0 Å². The molecular formula is C24H34F3N5. The molecule has 4 rings (SSSR count). The minimum Gasteiger partial charge on any atom is -0.369 e. The lowest BCUT2D eigenvalue weighted by molar-refractivity contribution is -0.137. The molecular weight excluding hydrogens is 415 g/mol. The quantitative estimate of drug-likeness (QED) is 0.679. The van der Waals surface area contributed by atoms with Crippen LogP contribution in [0.2, 0.25) is 0 Å². The second-order valence-corrected chi connectivity index (χ2v) is 9.07. The van der Waals surface area contributed by atoms with Crippen LogP contribution >= 0.6 is 0 Å². The number of piperidine rings is 1. The Morgan fingerprint density at radius 3 is 2.47 bits per heavy atom. The molecule has 32 heavy (non-hydrogen) atoms. The van der Waals surface area contributed by atoms with E-state index < -0.39 is 11.7 Å². The van der Waals surface area contributed by atoms with E-state index in [-0.39, 0.29) is 0 Å². The van der Waals surface area contributed by atoms with Gasteiger partial charge in [0, 0.05) is 68.8 Å². The van der Waals surface area contributed by atoms with Crippen LogP contribution in [0.15, 0.2) is 24.3 Å². The van der Waals surface area contributed by atoms with Gasteiger partial charge >= 0.3 is 6.18 Å². The molecule has 2 saturated heterocycles. The third kappa shape index (κ3) is 4.96. The number of benzene rings is 1. The topological polar surface area (TPSA) is 27.5 Å². The Labute approximate surface area is 188 Å². The van der Waals surface area contributed by atoms with E-state index in [1.54, 1.807) is 6.07 Å². The highest BCUT2D eigenvalue weighted by Gasteiger charge is 2.32. The lowest BCUT2D eigenvalue weighted by Crippen LogP contribution is -2.55. The van der Waals surface area contributed by atoms with Crippen LogP contribution in [0.3, 0.4) is 0 Å². The van der Waals surface area contributed by atoms with Gasteiger partial charge in [-0.05, 0) is 58.4 Å². The van der Waals surface area contributed by atoms with Crippen molar-refractivity contribution in [3.05, 3.63) is 46.8 Å². The molecule has 5 nitrogen and oxygen atoms in total. The van der Waals surface area contributed by atoms with Crippen LogP contribution in [-0.4, -0.2) is 64.9 Å². The minimum atomic E-state index is -4.30. The van der Waals surface area contributed by atoms with Gasteiger partial charge in [0.15, 0.2) is 0 Å². The fourth-order valence-electron chi connectivity index (χ4n) is 5.19. The fourth-order valence-corrected chi connectivity index (χ4v) is 5.19. The van der Waals surface area contributed by atoms with E-state index in [4.69, 9.17) is 0 Å². The normalized spacial score (nSPS) is 21.3. The van der Waals surface area contributed by atoms with E-state index in [0.29, 0.717) is 11.7 Å². The van der Waals surface area contributed by atoms with Gasteiger partial charge in [-0.1, -0.05) is 6.07 Å². The standard InChI is InChI=1S/C24H34F3N5/c1-4-32-19(3)23(18(2)28-32)17-29-10-6-9-22(16-29)31-13-11-30(12-14-31)21-8-5-7-20(15-21)24(25,26)27/h5,7-8,15,22H,4,6,9-14,16-17H2,1-3H3/t22-/m0/s1. The van der Waals surface area contributed by atoms with E-state index >= 15 is 0 Å². The number of aromatic nitrogens is 2.